The molecule has 2 rings (SSSR count). The Balaban J connectivity index is 2.00. The molecule has 84 valence electrons. The van der Waals surface area contributed by atoms with E-state index in [1.54, 1.807) is 0 Å². The third-order valence-electron chi connectivity index (χ3n) is 3.28. The van der Waals surface area contributed by atoms with E-state index in [2.05, 4.69) is 33.5 Å². The fourth-order valence-corrected chi connectivity index (χ4v) is 2.08. The number of hydrogen-bond acceptors (Lipinski definition) is 3. The summed E-state index contributed by atoms with van der Waals surface area (Å²) in [5.74, 6) is 2.95. The molecular weight excluding hydrogens is 188 g/mol. The quantitative estimate of drug-likeness (QED) is 0.754. The Labute approximate surface area is 91.3 Å². The zero-order valence-electron chi connectivity index (χ0n) is 9.90. The SMILES string of the molecule is CCC(C)CN1CCn2c(C)nnc2C1. The van der Waals surface area contributed by atoms with E-state index >= 15 is 0 Å². The van der Waals surface area contributed by atoms with Crippen molar-refractivity contribution in [1.82, 2.24) is 19.7 Å². The van der Waals surface area contributed by atoms with Gasteiger partial charge in [0.15, 0.2) is 0 Å². The lowest BCUT2D eigenvalue weighted by atomic mass is 10.1. The highest BCUT2D eigenvalue weighted by Crippen LogP contribution is 2.14. The van der Waals surface area contributed by atoms with Crippen LogP contribution >= 0.6 is 0 Å². The standard InChI is InChI=1S/C11H20N4/c1-4-9(2)7-14-5-6-15-10(3)12-13-11(15)8-14/h9H,4-8H2,1-3H3. The van der Waals surface area contributed by atoms with Crippen molar-refractivity contribution in [3.05, 3.63) is 11.6 Å². The third kappa shape index (κ3) is 2.20. The average molecular weight is 208 g/mol. The van der Waals surface area contributed by atoms with Gasteiger partial charge in [0.25, 0.3) is 0 Å². The van der Waals surface area contributed by atoms with Gasteiger partial charge in [-0.1, -0.05) is 20.3 Å². The van der Waals surface area contributed by atoms with E-state index < -0.39 is 0 Å². The van der Waals surface area contributed by atoms with Crippen LogP contribution in [0.3, 0.4) is 0 Å². The first-order valence-electron chi connectivity index (χ1n) is 5.81. The summed E-state index contributed by atoms with van der Waals surface area (Å²) in [5.41, 5.74) is 0. The highest BCUT2D eigenvalue weighted by Gasteiger charge is 2.20. The largest absolute Gasteiger partial charge is 0.313 e. The van der Waals surface area contributed by atoms with Crippen molar-refractivity contribution in [1.29, 1.82) is 0 Å². The average Bonchev–Trinajstić information content (AvgIpc) is 2.60. The van der Waals surface area contributed by atoms with Crippen LogP contribution in [0.1, 0.15) is 31.9 Å². The lowest BCUT2D eigenvalue weighted by Crippen LogP contribution is -2.36. The van der Waals surface area contributed by atoms with Crippen LogP contribution in [0.25, 0.3) is 0 Å². The molecule has 0 fully saturated rings. The number of hydrogen-bond donors (Lipinski definition) is 0. The summed E-state index contributed by atoms with van der Waals surface area (Å²) in [4.78, 5) is 2.48. The van der Waals surface area contributed by atoms with Gasteiger partial charge in [-0.15, -0.1) is 10.2 Å². The Morgan fingerprint density at radius 3 is 2.87 bits per heavy atom. The summed E-state index contributed by atoms with van der Waals surface area (Å²) in [5, 5.41) is 8.33. The van der Waals surface area contributed by atoms with E-state index in [1.807, 2.05) is 6.92 Å². The molecule has 15 heavy (non-hydrogen) atoms. The number of aryl methyl sites for hydroxylation is 1. The van der Waals surface area contributed by atoms with Gasteiger partial charge in [-0.3, -0.25) is 4.90 Å². The molecule has 4 nitrogen and oxygen atoms in total. The zero-order chi connectivity index (χ0) is 10.8. The summed E-state index contributed by atoms with van der Waals surface area (Å²) >= 11 is 0. The van der Waals surface area contributed by atoms with Crippen molar-refractivity contribution in [3.63, 3.8) is 0 Å². The van der Waals surface area contributed by atoms with Crippen molar-refractivity contribution in [2.24, 2.45) is 5.92 Å². The smallest absolute Gasteiger partial charge is 0.147 e. The van der Waals surface area contributed by atoms with Crippen LogP contribution in [0, 0.1) is 12.8 Å². The Kier molecular flexibility index (Phi) is 3.05. The minimum Gasteiger partial charge on any atom is -0.313 e. The summed E-state index contributed by atoms with van der Waals surface area (Å²) in [6, 6.07) is 0. The third-order valence-corrected chi connectivity index (χ3v) is 3.28. The van der Waals surface area contributed by atoms with E-state index in [0.29, 0.717) is 0 Å². The van der Waals surface area contributed by atoms with Crippen molar-refractivity contribution >= 4 is 0 Å². The van der Waals surface area contributed by atoms with Crippen LogP contribution < -0.4 is 0 Å². The Morgan fingerprint density at radius 2 is 2.13 bits per heavy atom. The van der Waals surface area contributed by atoms with Gasteiger partial charge in [0.1, 0.15) is 11.6 Å². The molecule has 0 bridgehead atoms. The second-order valence-corrected chi connectivity index (χ2v) is 4.56. The molecule has 0 spiro atoms. The minimum atomic E-state index is 0.778. The van der Waals surface area contributed by atoms with Crippen molar-refractivity contribution in [3.8, 4) is 0 Å². The second kappa shape index (κ2) is 4.31. The normalized spacial score (nSPS) is 18.9. The molecule has 0 aromatic carbocycles. The van der Waals surface area contributed by atoms with Crippen LogP contribution in [-0.2, 0) is 13.1 Å². The first kappa shape index (κ1) is 10.6. The molecule has 0 saturated carbocycles. The van der Waals surface area contributed by atoms with E-state index in [1.165, 1.54) is 13.0 Å². The van der Waals surface area contributed by atoms with Gasteiger partial charge in [0.2, 0.25) is 0 Å². The lowest BCUT2D eigenvalue weighted by Gasteiger charge is -2.29. The molecule has 0 aliphatic carbocycles. The molecule has 0 amide bonds. The predicted octanol–water partition coefficient (Wildman–Crippen LogP) is 1.45. The fraction of sp³-hybridized carbons (Fsp3) is 0.818. The summed E-state index contributed by atoms with van der Waals surface area (Å²) in [6.45, 7) is 10.9. The monoisotopic (exact) mass is 208 g/mol. The number of fused-ring (bicyclic) bond motifs is 1. The molecule has 4 heteroatoms. The van der Waals surface area contributed by atoms with E-state index in [9.17, 15) is 0 Å². The van der Waals surface area contributed by atoms with E-state index in [4.69, 9.17) is 0 Å². The second-order valence-electron chi connectivity index (χ2n) is 4.56. The highest BCUT2D eigenvalue weighted by atomic mass is 15.3. The lowest BCUT2D eigenvalue weighted by molar-refractivity contribution is 0.187. The zero-order valence-corrected chi connectivity index (χ0v) is 9.90. The van der Waals surface area contributed by atoms with Gasteiger partial charge in [-0.2, -0.15) is 0 Å². The van der Waals surface area contributed by atoms with Crippen LogP contribution in [0.2, 0.25) is 0 Å². The minimum absolute atomic E-state index is 0.778. The van der Waals surface area contributed by atoms with Gasteiger partial charge in [0, 0.05) is 19.6 Å². The Hall–Kier alpha value is -0.900. The summed E-state index contributed by atoms with van der Waals surface area (Å²) in [6.07, 6.45) is 1.25. The molecule has 2 heterocycles. The molecule has 1 atom stereocenters. The van der Waals surface area contributed by atoms with Crippen LogP contribution in [0.4, 0.5) is 0 Å². The molecular formula is C11H20N4. The number of rotatable bonds is 3. The van der Waals surface area contributed by atoms with Gasteiger partial charge in [-0.05, 0) is 12.8 Å². The van der Waals surface area contributed by atoms with Crippen molar-refractivity contribution in [2.45, 2.75) is 40.3 Å². The van der Waals surface area contributed by atoms with Gasteiger partial charge in [-0.25, -0.2) is 0 Å². The van der Waals surface area contributed by atoms with E-state index in [-0.39, 0.29) is 0 Å². The molecule has 0 radical (unpaired) electrons. The number of nitrogens with zero attached hydrogens (tertiary/aromatic N) is 4. The maximum absolute atomic E-state index is 4.21. The maximum atomic E-state index is 4.21. The molecule has 1 aliphatic heterocycles. The summed E-state index contributed by atoms with van der Waals surface area (Å²) < 4.78 is 2.23. The van der Waals surface area contributed by atoms with Crippen LogP contribution in [-0.4, -0.2) is 32.8 Å². The maximum Gasteiger partial charge on any atom is 0.147 e. The van der Waals surface area contributed by atoms with E-state index in [0.717, 1.165) is 37.2 Å². The highest BCUT2D eigenvalue weighted by molar-refractivity contribution is 4.97. The van der Waals surface area contributed by atoms with Crippen LogP contribution in [0.5, 0.6) is 0 Å². The summed E-state index contributed by atoms with van der Waals surface area (Å²) in [7, 11) is 0. The first-order valence-corrected chi connectivity index (χ1v) is 5.81. The molecule has 1 aliphatic rings. The molecule has 1 aromatic rings. The molecule has 1 unspecified atom stereocenters. The Morgan fingerprint density at radius 1 is 1.33 bits per heavy atom. The molecule has 0 saturated heterocycles. The van der Waals surface area contributed by atoms with Crippen molar-refractivity contribution in [2.75, 3.05) is 13.1 Å². The molecule has 0 N–H and O–H groups in total. The predicted molar refractivity (Wildman–Crippen MR) is 59.5 cm³/mol. The Bertz CT molecular complexity index is 331. The first-order chi connectivity index (χ1) is 7.20. The topological polar surface area (TPSA) is 34.0 Å². The molecule has 1 aromatic heterocycles. The van der Waals surface area contributed by atoms with Gasteiger partial charge < -0.3 is 4.57 Å². The fourth-order valence-electron chi connectivity index (χ4n) is 2.08. The van der Waals surface area contributed by atoms with Crippen molar-refractivity contribution < 1.29 is 0 Å². The van der Waals surface area contributed by atoms with Gasteiger partial charge >= 0.3 is 0 Å². The van der Waals surface area contributed by atoms with Gasteiger partial charge in [0.05, 0.1) is 6.54 Å². The van der Waals surface area contributed by atoms with Crippen LogP contribution in [0.15, 0.2) is 0 Å². The number of aromatic nitrogens is 3.